The first-order valence-corrected chi connectivity index (χ1v) is 17.0. The highest BCUT2D eigenvalue weighted by atomic mass is 35.5. The van der Waals surface area contributed by atoms with Crippen molar-refractivity contribution in [2.24, 2.45) is 0 Å². The number of hydrogen-bond donors (Lipinski definition) is 0. The first-order valence-electron chi connectivity index (χ1n) is 13.7. The van der Waals surface area contributed by atoms with Crippen LogP contribution in [0.15, 0.2) is 91.0 Å². The SMILES string of the molecule is COc1ccc(C2(c3ccc(N(CCCl)CCCl)cc3)Oc3ccccc3-c3c2c2ccccc2n3S(C)(=O)=O)cc1Cl. The largest absolute Gasteiger partial charge is 0.495 e. The summed E-state index contributed by atoms with van der Waals surface area (Å²) >= 11 is 18.9. The number of hydrogen-bond acceptors (Lipinski definition) is 5. The van der Waals surface area contributed by atoms with E-state index in [0.29, 0.717) is 63.7 Å². The zero-order valence-electron chi connectivity index (χ0n) is 23.6. The quantitative estimate of drug-likeness (QED) is 0.152. The molecule has 1 atom stereocenters. The summed E-state index contributed by atoms with van der Waals surface area (Å²) in [6.45, 7) is 1.28. The van der Waals surface area contributed by atoms with Crippen LogP contribution in [-0.4, -0.2) is 50.6 Å². The Morgan fingerprint density at radius 1 is 0.884 bits per heavy atom. The summed E-state index contributed by atoms with van der Waals surface area (Å²) in [5.41, 5.74) is 3.69. The minimum Gasteiger partial charge on any atom is -0.495 e. The van der Waals surface area contributed by atoms with Crippen LogP contribution in [0, 0.1) is 0 Å². The van der Waals surface area contributed by atoms with Crippen molar-refractivity contribution in [1.29, 1.82) is 0 Å². The molecule has 6 nitrogen and oxygen atoms in total. The maximum Gasteiger partial charge on any atom is 0.236 e. The third kappa shape index (κ3) is 4.92. The van der Waals surface area contributed by atoms with Gasteiger partial charge < -0.3 is 14.4 Å². The number of methoxy groups -OCH3 is 1. The molecule has 43 heavy (non-hydrogen) atoms. The molecule has 0 saturated heterocycles. The van der Waals surface area contributed by atoms with E-state index >= 15 is 0 Å². The van der Waals surface area contributed by atoms with E-state index < -0.39 is 15.6 Å². The second kappa shape index (κ2) is 11.6. The van der Waals surface area contributed by atoms with E-state index in [0.717, 1.165) is 22.2 Å². The van der Waals surface area contributed by atoms with Crippen LogP contribution >= 0.6 is 34.8 Å². The van der Waals surface area contributed by atoms with Gasteiger partial charge in [0.1, 0.15) is 11.5 Å². The van der Waals surface area contributed by atoms with Gasteiger partial charge in [0.25, 0.3) is 0 Å². The predicted octanol–water partition coefficient (Wildman–Crippen LogP) is 7.75. The Labute approximate surface area is 266 Å². The highest BCUT2D eigenvalue weighted by Crippen LogP contribution is 2.55. The van der Waals surface area contributed by atoms with Gasteiger partial charge in [-0.3, -0.25) is 0 Å². The van der Waals surface area contributed by atoms with Gasteiger partial charge in [0.15, 0.2) is 5.60 Å². The molecule has 0 N–H and O–H groups in total. The number of nitrogens with zero attached hydrogens (tertiary/aromatic N) is 2. The third-order valence-corrected chi connectivity index (χ3v) is 9.50. The molecule has 4 aromatic carbocycles. The average Bonchev–Trinajstić information content (AvgIpc) is 3.37. The van der Waals surface area contributed by atoms with Gasteiger partial charge in [-0.15, -0.1) is 23.2 Å². The molecule has 0 saturated carbocycles. The molecule has 0 bridgehead atoms. The van der Waals surface area contributed by atoms with Gasteiger partial charge in [0.2, 0.25) is 10.0 Å². The number of halogens is 3. The normalized spacial score (nSPS) is 15.9. The van der Waals surface area contributed by atoms with Gasteiger partial charge >= 0.3 is 0 Å². The fourth-order valence-corrected chi connectivity index (χ4v) is 7.77. The second-order valence-electron chi connectivity index (χ2n) is 10.3. The van der Waals surface area contributed by atoms with Crippen molar-refractivity contribution in [3.05, 3.63) is 113 Å². The van der Waals surface area contributed by atoms with Crippen molar-refractivity contribution in [2.45, 2.75) is 5.60 Å². The number of fused-ring (bicyclic) bond motifs is 5. The summed E-state index contributed by atoms with van der Waals surface area (Å²) in [6, 6.07) is 28.6. The van der Waals surface area contributed by atoms with Crippen LogP contribution in [-0.2, 0) is 15.6 Å². The molecule has 10 heteroatoms. The number of rotatable bonds is 9. The highest BCUT2D eigenvalue weighted by molar-refractivity contribution is 7.89. The Kier molecular flexibility index (Phi) is 8.03. The van der Waals surface area contributed by atoms with Crippen molar-refractivity contribution >= 4 is 61.4 Å². The van der Waals surface area contributed by atoms with E-state index in [9.17, 15) is 8.42 Å². The zero-order valence-corrected chi connectivity index (χ0v) is 26.6. The summed E-state index contributed by atoms with van der Waals surface area (Å²) in [7, 11) is -2.19. The van der Waals surface area contributed by atoms with Crippen molar-refractivity contribution in [3.63, 3.8) is 0 Å². The molecule has 0 aliphatic carbocycles. The zero-order chi connectivity index (χ0) is 30.4. The standard InChI is InChI=1S/C33H29Cl3N2O4S/c1-41-30-16-13-23(21-27(30)36)33(22-11-14-24(15-12-22)37(19-17-34)20-18-35)31-25-7-3-5-9-28(25)38(43(2,39)40)32(31)26-8-4-6-10-29(26)42-33/h3-16,21H,17-20H2,1-2H3. The lowest BCUT2D eigenvalue weighted by Crippen LogP contribution is -2.39. The van der Waals surface area contributed by atoms with Gasteiger partial charge in [-0.1, -0.05) is 60.1 Å². The van der Waals surface area contributed by atoms with Gasteiger partial charge in [-0.2, -0.15) is 0 Å². The molecule has 5 aromatic rings. The van der Waals surface area contributed by atoms with E-state index in [1.165, 1.54) is 10.2 Å². The van der Waals surface area contributed by atoms with Crippen LogP contribution in [0.5, 0.6) is 11.5 Å². The molecule has 1 aromatic heterocycles. The third-order valence-electron chi connectivity index (χ3n) is 7.83. The van der Waals surface area contributed by atoms with Crippen LogP contribution in [0.25, 0.3) is 22.2 Å². The number of benzene rings is 4. The minimum absolute atomic E-state index is 0.405. The Morgan fingerprint density at radius 2 is 1.53 bits per heavy atom. The van der Waals surface area contributed by atoms with Gasteiger partial charge in [-0.05, 0) is 42.5 Å². The smallest absolute Gasteiger partial charge is 0.236 e. The Balaban J connectivity index is 1.74. The van der Waals surface area contributed by atoms with E-state index in [2.05, 4.69) is 4.90 Å². The van der Waals surface area contributed by atoms with Gasteiger partial charge in [0, 0.05) is 58.2 Å². The first kappa shape index (κ1) is 29.7. The first-order chi connectivity index (χ1) is 20.7. The summed E-state index contributed by atoms with van der Waals surface area (Å²) in [4.78, 5) is 2.12. The Morgan fingerprint density at radius 3 is 2.19 bits per heavy atom. The maximum absolute atomic E-state index is 13.5. The molecule has 0 fully saturated rings. The molecule has 222 valence electrons. The number of anilines is 1. The topological polar surface area (TPSA) is 60.8 Å². The molecular weight excluding hydrogens is 627 g/mol. The summed E-state index contributed by atoms with van der Waals surface area (Å²) in [5.74, 6) is 1.98. The molecular formula is C33H29Cl3N2O4S. The summed E-state index contributed by atoms with van der Waals surface area (Å²) in [5, 5.41) is 1.15. The van der Waals surface area contributed by atoms with Crippen molar-refractivity contribution in [3.8, 4) is 22.8 Å². The molecule has 6 rings (SSSR count). The number of aromatic nitrogens is 1. The number of para-hydroxylation sites is 2. The number of ether oxygens (including phenoxy) is 2. The molecule has 1 unspecified atom stereocenters. The highest BCUT2D eigenvalue weighted by Gasteiger charge is 2.48. The Hall–Kier alpha value is -3.36. The predicted molar refractivity (Wildman–Crippen MR) is 176 cm³/mol. The molecule has 1 aliphatic heterocycles. The molecule has 2 heterocycles. The van der Waals surface area contributed by atoms with Crippen LogP contribution in [0.4, 0.5) is 5.69 Å². The van der Waals surface area contributed by atoms with Crippen LogP contribution in [0.2, 0.25) is 5.02 Å². The summed E-state index contributed by atoms with van der Waals surface area (Å²) < 4.78 is 41.0. The van der Waals surface area contributed by atoms with Crippen molar-refractivity contribution in [1.82, 2.24) is 3.97 Å². The molecule has 0 amide bonds. The van der Waals surface area contributed by atoms with E-state index in [4.69, 9.17) is 44.3 Å². The monoisotopic (exact) mass is 654 g/mol. The van der Waals surface area contributed by atoms with Gasteiger partial charge in [0.05, 0.1) is 29.6 Å². The van der Waals surface area contributed by atoms with E-state index in [1.54, 1.807) is 13.2 Å². The molecule has 0 radical (unpaired) electrons. The maximum atomic E-state index is 13.5. The fraction of sp³-hybridized carbons (Fsp3) is 0.212. The molecule has 1 aliphatic rings. The van der Waals surface area contributed by atoms with Gasteiger partial charge in [-0.25, -0.2) is 12.4 Å². The number of alkyl halides is 2. The average molecular weight is 656 g/mol. The lowest BCUT2D eigenvalue weighted by atomic mass is 9.76. The van der Waals surface area contributed by atoms with Crippen molar-refractivity contribution < 1.29 is 17.9 Å². The fourth-order valence-electron chi connectivity index (χ4n) is 6.06. The lowest BCUT2D eigenvalue weighted by molar-refractivity contribution is 0.153. The summed E-state index contributed by atoms with van der Waals surface area (Å²) in [6.07, 6.45) is 1.22. The lowest BCUT2D eigenvalue weighted by Gasteiger charge is -2.40. The second-order valence-corrected chi connectivity index (χ2v) is 13.3. The van der Waals surface area contributed by atoms with Crippen LogP contribution in [0.3, 0.4) is 0 Å². The Bertz CT molecular complexity index is 1920. The van der Waals surface area contributed by atoms with Crippen LogP contribution in [0.1, 0.15) is 16.7 Å². The van der Waals surface area contributed by atoms with Crippen molar-refractivity contribution in [2.75, 3.05) is 43.1 Å². The van der Waals surface area contributed by atoms with Crippen LogP contribution < -0.4 is 14.4 Å². The van der Waals surface area contributed by atoms with E-state index in [-0.39, 0.29) is 0 Å². The minimum atomic E-state index is -3.75. The van der Waals surface area contributed by atoms with E-state index in [1.807, 2.05) is 84.9 Å². The molecule has 0 spiro atoms.